The van der Waals surface area contributed by atoms with Crippen molar-refractivity contribution in [3.63, 3.8) is 0 Å². The third-order valence-electron chi connectivity index (χ3n) is 2.07. The van der Waals surface area contributed by atoms with Crippen LogP contribution in [0.2, 0.25) is 0 Å². The Kier molecular flexibility index (Phi) is 5.53. The summed E-state index contributed by atoms with van der Waals surface area (Å²) in [7, 11) is 3.35. The molecule has 0 aliphatic heterocycles. The minimum Gasteiger partial charge on any atom is -0.490 e. The molecule has 0 saturated carbocycles. The molecular formula is C12H17NO3. The first kappa shape index (κ1) is 12.7. The van der Waals surface area contributed by atoms with Crippen LogP contribution in [0, 0.1) is 0 Å². The minimum atomic E-state index is 0.0236. The van der Waals surface area contributed by atoms with Gasteiger partial charge in [-0.05, 0) is 19.2 Å². The van der Waals surface area contributed by atoms with Crippen molar-refractivity contribution in [2.45, 2.75) is 0 Å². The van der Waals surface area contributed by atoms with Crippen molar-refractivity contribution in [1.82, 2.24) is 5.32 Å². The second kappa shape index (κ2) is 6.98. The largest absolute Gasteiger partial charge is 0.490 e. The normalized spacial score (nSPS) is 10.1. The number of nitrogens with one attached hydrogen (secondary N) is 1. The van der Waals surface area contributed by atoms with E-state index in [9.17, 15) is 4.79 Å². The molecule has 88 valence electrons. The van der Waals surface area contributed by atoms with Crippen LogP contribution in [0.15, 0.2) is 24.3 Å². The van der Waals surface area contributed by atoms with Crippen molar-refractivity contribution in [3.05, 3.63) is 29.8 Å². The van der Waals surface area contributed by atoms with Crippen molar-refractivity contribution in [1.29, 1.82) is 0 Å². The summed E-state index contributed by atoms with van der Waals surface area (Å²) in [6.07, 6.45) is 0. The molecule has 4 heteroatoms. The molecule has 0 radical (unpaired) electrons. The number of benzene rings is 1. The molecular weight excluding hydrogens is 206 g/mol. The second-order valence-corrected chi connectivity index (χ2v) is 3.29. The van der Waals surface area contributed by atoms with Crippen LogP contribution in [-0.4, -0.2) is 39.7 Å². The predicted octanol–water partition coefficient (Wildman–Crippen LogP) is 1.11. The molecule has 0 bridgehead atoms. The van der Waals surface area contributed by atoms with Crippen molar-refractivity contribution in [2.75, 3.05) is 33.9 Å². The number of likely N-dealkylation sites (N-methyl/N-ethyl adjacent to an activating group) is 1. The van der Waals surface area contributed by atoms with Gasteiger partial charge in [0.25, 0.3) is 0 Å². The molecule has 0 aromatic heterocycles. The Hall–Kier alpha value is -1.39. The maximum Gasteiger partial charge on any atom is 0.180 e. The van der Waals surface area contributed by atoms with E-state index < -0.39 is 0 Å². The summed E-state index contributed by atoms with van der Waals surface area (Å²) < 4.78 is 10.4. The summed E-state index contributed by atoms with van der Waals surface area (Å²) in [6, 6.07) is 7.23. The number of ether oxygens (including phenoxy) is 2. The van der Waals surface area contributed by atoms with Crippen LogP contribution in [0.1, 0.15) is 10.4 Å². The number of hydrogen-bond acceptors (Lipinski definition) is 4. The van der Waals surface area contributed by atoms with E-state index in [0.29, 0.717) is 31.1 Å². The van der Waals surface area contributed by atoms with E-state index in [-0.39, 0.29) is 5.78 Å². The van der Waals surface area contributed by atoms with Crippen molar-refractivity contribution in [2.24, 2.45) is 0 Å². The van der Waals surface area contributed by atoms with Crippen molar-refractivity contribution < 1.29 is 14.3 Å². The summed E-state index contributed by atoms with van der Waals surface area (Å²) in [5.74, 6) is 0.635. The average Bonchev–Trinajstić information content (AvgIpc) is 2.30. The van der Waals surface area contributed by atoms with Crippen LogP contribution in [0.5, 0.6) is 5.75 Å². The Balaban J connectivity index is 2.71. The highest BCUT2D eigenvalue weighted by Crippen LogP contribution is 2.18. The van der Waals surface area contributed by atoms with Crippen LogP contribution in [0.3, 0.4) is 0 Å². The lowest BCUT2D eigenvalue weighted by atomic mass is 10.1. The standard InChI is InChI=1S/C12H17NO3/c1-13-9-11(14)10-5-3-4-6-12(10)16-8-7-15-2/h3-6,13H,7-9H2,1-2H3. The van der Waals surface area contributed by atoms with Gasteiger partial charge in [-0.15, -0.1) is 0 Å². The third-order valence-corrected chi connectivity index (χ3v) is 2.07. The lowest BCUT2D eigenvalue weighted by Gasteiger charge is -2.10. The summed E-state index contributed by atoms with van der Waals surface area (Å²) in [5, 5.41) is 2.83. The van der Waals surface area contributed by atoms with Gasteiger partial charge < -0.3 is 14.8 Å². The van der Waals surface area contributed by atoms with Gasteiger partial charge in [0.05, 0.1) is 18.7 Å². The lowest BCUT2D eigenvalue weighted by Crippen LogP contribution is -2.19. The fourth-order valence-electron chi connectivity index (χ4n) is 1.31. The van der Waals surface area contributed by atoms with Crippen LogP contribution in [-0.2, 0) is 4.74 Å². The van der Waals surface area contributed by atoms with Crippen LogP contribution in [0.25, 0.3) is 0 Å². The second-order valence-electron chi connectivity index (χ2n) is 3.29. The molecule has 0 aliphatic carbocycles. The van der Waals surface area contributed by atoms with Gasteiger partial charge in [-0.1, -0.05) is 12.1 Å². The quantitative estimate of drug-likeness (QED) is 0.555. The molecule has 0 spiro atoms. The fraction of sp³-hybridized carbons (Fsp3) is 0.417. The van der Waals surface area contributed by atoms with Gasteiger partial charge in [0.15, 0.2) is 5.78 Å². The number of Topliss-reactive ketones (excluding diaryl/α,β-unsaturated/α-hetero) is 1. The fourth-order valence-corrected chi connectivity index (χ4v) is 1.31. The Morgan fingerprint density at radius 1 is 1.31 bits per heavy atom. The molecule has 1 N–H and O–H groups in total. The third kappa shape index (κ3) is 3.64. The number of hydrogen-bond donors (Lipinski definition) is 1. The zero-order valence-corrected chi connectivity index (χ0v) is 9.66. The highest BCUT2D eigenvalue weighted by atomic mass is 16.5. The summed E-state index contributed by atoms with van der Waals surface area (Å²) in [4.78, 5) is 11.7. The molecule has 4 nitrogen and oxygen atoms in total. The van der Waals surface area contributed by atoms with Crippen LogP contribution in [0.4, 0.5) is 0 Å². The molecule has 0 amide bonds. The van der Waals surface area contributed by atoms with E-state index >= 15 is 0 Å². The smallest absolute Gasteiger partial charge is 0.180 e. The number of ketones is 1. The first-order valence-electron chi connectivity index (χ1n) is 5.18. The molecule has 0 unspecified atom stereocenters. The Labute approximate surface area is 95.6 Å². The van der Waals surface area contributed by atoms with Gasteiger partial charge in [0.1, 0.15) is 12.4 Å². The molecule has 0 aliphatic rings. The summed E-state index contributed by atoms with van der Waals surface area (Å²) >= 11 is 0. The van der Waals surface area contributed by atoms with E-state index in [1.807, 2.05) is 12.1 Å². The van der Waals surface area contributed by atoms with Gasteiger partial charge >= 0.3 is 0 Å². The van der Waals surface area contributed by atoms with E-state index in [0.717, 1.165) is 0 Å². The predicted molar refractivity (Wildman–Crippen MR) is 62.1 cm³/mol. The SMILES string of the molecule is CNCC(=O)c1ccccc1OCCOC. The molecule has 16 heavy (non-hydrogen) atoms. The van der Waals surface area contributed by atoms with Crippen LogP contribution < -0.4 is 10.1 Å². The Bertz CT molecular complexity index is 339. The zero-order chi connectivity index (χ0) is 11.8. The maximum atomic E-state index is 11.7. The molecule has 0 heterocycles. The van der Waals surface area contributed by atoms with Crippen molar-refractivity contribution in [3.8, 4) is 5.75 Å². The molecule has 0 fully saturated rings. The van der Waals surface area contributed by atoms with Gasteiger partial charge in [0, 0.05) is 7.11 Å². The molecule has 1 aromatic carbocycles. The Morgan fingerprint density at radius 2 is 2.06 bits per heavy atom. The molecule has 0 saturated heterocycles. The summed E-state index contributed by atoms with van der Waals surface area (Å²) in [5.41, 5.74) is 0.605. The number of carbonyl (C=O) groups is 1. The monoisotopic (exact) mass is 223 g/mol. The van der Waals surface area contributed by atoms with Gasteiger partial charge in [-0.2, -0.15) is 0 Å². The number of carbonyl (C=O) groups excluding carboxylic acids is 1. The molecule has 1 rings (SSSR count). The zero-order valence-electron chi connectivity index (χ0n) is 9.66. The van der Waals surface area contributed by atoms with E-state index in [1.165, 1.54) is 0 Å². The van der Waals surface area contributed by atoms with E-state index in [4.69, 9.17) is 9.47 Å². The number of rotatable bonds is 7. The highest BCUT2D eigenvalue weighted by Gasteiger charge is 2.10. The minimum absolute atomic E-state index is 0.0236. The van der Waals surface area contributed by atoms with E-state index in [2.05, 4.69) is 5.32 Å². The van der Waals surface area contributed by atoms with Gasteiger partial charge in [0.2, 0.25) is 0 Å². The van der Waals surface area contributed by atoms with Crippen LogP contribution >= 0.6 is 0 Å². The highest BCUT2D eigenvalue weighted by molar-refractivity contribution is 6.00. The first-order valence-corrected chi connectivity index (χ1v) is 5.18. The average molecular weight is 223 g/mol. The topological polar surface area (TPSA) is 47.6 Å². The van der Waals surface area contributed by atoms with Crippen molar-refractivity contribution >= 4 is 5.78 Å². The van der Waals surface area contributed by atoms with E-state index in [1.54, 1.807) is 26.3 Å². The maximum absolute atomic E-state index is 11.7. The number of para-hydroxylation sites is 1. The Morgan fingerprint density at radius 3 is 2.75 bits per heavy atom. The number of methoxy groups -OCH3 is 1. The summed E-state index contributed by atoms with van der Waals surface area (Å²) in [6.45, 7) is 1.26. The lowest BCUT2D eigenvalue weighted by molar-refractivity contribution is 0.0985. The van der Waals surface area contributed by atoms with Gasteiger partial charge in [-0.3, -0.25) is 4.79 Å². The molecule has 1 aromatic rings. The van der Waals surface area contributed by atoms with Gasteiger partial charge in [-0.25, -0.2) is 0 Å². The molecule has 0 atom stereocenters. The first-order chi connectivity index (χ1) is 7.79.